The topological polar surface area (TPSA) is 63.6 Å². The van der Waals surface area contributed by atoms with Gasteiger partial charge in [-0.25, -0.2) is 9.59 Å². The second kappa shape index (κ2) is 10.8. The van der Waals surface area contributed by atoms with Gasteiger partial charge in [0, 0.05) is 12.2 Å². The molecule has 104 valence electrons. The molecule has 1 atom stereocenters. The van der Waals surface area contributed by atoms with Crippen molar-refractivity contribution in [2.75, 3.05) is 0 Å². The van der Waals surface area contributed by atoms with Crippen LogP contribution in [-0.4, -0.2) is 23.1 Å². The van der Waals surface area contributed by atoms with Crippen molar-refractivity contribution >= 4 is 11.9 Å². The maximum Gasteiger partial charge on any atom is 0.331 e. The number of unbranched alkanes of at least 4 members (excludes halogenated alkanes) is 3. The third-order valence-electron chi connectivity index (χ3n) is 2.65. The van der Waals surface area contributed by atoms with Gasteiger partial charge in [-0.15, -0.1) is 0 Å². The molecule has 0 saturated carbocycles. The molecule has 0 amide bonds. The van der Waals surface area contributed by atoms with E-state index < -0.39 is 11.9 Å². The van der Waals surface area contributed by atoms with Gasteiger partial charge in [0.2, 0.25) is 0 Å². The van der Waals surface area contributed by atoms with E-state index >= 15 is 0 Å². The Morgan fingerprint density at radius 1 is 1.06 bits per heavy atom. The van der Waals surface area contributed by atoms with Crippen LogP contribution in [0.15, 0.2) is 12.2 Å². The van der Waals surface area contributed by atoms with Crippen molar-refractivity contribution in [1.29, 1.82) is 0 Å². The average molecular weight is 256 g/mol. The zero-order valence-electron chi connectivity index (χ0n) is 11.4. The van der Waals surface area contributed by atoms with E-state index in [0.29, 0.717) is 0 Å². The minimum atomic E-state index is -1.14. The molecule has 1 N–H and O–H groups in total. The Hall–Kier alpha value is -1.32. The molecule has 4 heteroatoms. The van der Waals surface area contributed by atoms with Crippen molar-refractivity contribution in [1.82, 2.24) is 0 Å². The molecule has 1 unspecified atom stereocenters. The molecule has 0 heterocycles. The van der Waals surface area contributed by atoms with Crippen molar-refractivity contribution in [3.05, 3.63) is 12.2 Å². The van der Waals surface area contributed by atoms with Crippen LogP contribution in [0.4, 0.5) is 0 Å². The van der Waals surface area contributed by atoms with Gasteiger partial charge in [-0.2, -0.15) is 0 Å². The smallest absolute Gasteiger partial charge is 0.331 e. The van der Waals surface area contributed by atoms with Gasteiger partial charge in [0.25, 0.3) is 0 Å². The first-order chi connectivity index (χ1) is 8.60. The van der Waals surface area contributed by atoms with Crippen molar-refractivity contribution < 1.29 is 19.4 Å². The van der Waals surface area contributed by atoms with Gasteiger partial charge in [-0.05, 0) is 19.3 Å². The number of esters is 1. The highest BCUT2D eigenvalue weighted by molar-refractivity contribution is 5.90. The molecule has 0 aliphatic heterocycles. The number of carboxylic acids is 1. The largest absolute Gasteiger partial charge is 0.478 e. The van der Waals surface area contributed by atoms with Crippen molar-refractivity contribution in [3.8, 4) is 0 Å². The monoisotopic (exact) mass is 256 g/mol. The molecule has 0 rings (SSSR count). The van der Waals surface area contributed by atoms with Crippen LogP contribution in [0.2, 0.25) is 0 Å². The summed E-state index contributed by atoms with van der Waals surface area (Å²) in [4.78, 5) is 21.7. The molecule has 0 aliphatic carbocycles. The lowest BCUT2D eigenvalue weighted by molar-refractivity contribution is -0.144. The van der Waals surface area contributed by atoms with Crippen LogP contribution in [-0.2, 0) is 14.3 Å². The molecular weight excluding hydrogens is 232 g/mol. The Bertz CT molecular complexity index is 271. The lowest BCUT2D eigenvalue weighted by Gasteiger charge is -2.16. The van der Waals surface area contributed by atoms with Crippen molar-refractivity contribution in [2.45, 2.75) is 64.9 Å². The minimum Gasteiger partial charge on any atom is -0.478 e. The number of carbonyl (C=O) groups excluding carboxylic acids is 1. The van der Waals surface area contributed by atoms with E-state index in [1.165, 1.54) is 0 Å². The molecule has 4 nitrogen and oxygen atoms in total. The van der Waals surface area contributed by atoms with Gasteiger partial charge in [0.1, 0.15) is 6.10 Å². The van der Waals surface area contributed by atoms with E-state index in [2.05, 4.69) is 13.8 Å². The molecule has 0 saturated heterocycles. The van der Waals surface area contributed by atoms with Crippen molar-refractivity contribution in [2.24, 2.45) is 0 Å². The zero-order valence-corrected chi connectivity index (χ0v) is 11.4. The van der Waals surface area contributed by atoms with Gasteiger partial charge < -0.3 is 9.84 Å². The van der Waals surface area contributed by atoms with Gasteiger partial charge in [-0.1, -0.05) is 39.5 Å². The Balaban J connectivity index is 4.11. The summed E-state index contributed by atoms with van der Waals surface area (Å²) in [6.07, 6.45) is 8.81. The molecule has 0 radical (unpaired) electrons. The van der Waals surface area contributed by atoms with E-state index in [1.54, 1.807) is 0 Å². The molecule has 0 fully saturated rings. The van der Waals surface area contributed by atoms with Crippen LogP contribution >= 0.6 is 0 Å². The standard InChI is InChI=1S/C14H24O4/c1-3-5-7-9-12(8-6-4-2)18-14(17)11-10-13(15)16/h10-12H,3-9H2,1-2H3,(H,15,16)/b11-10-. The van der Waals surface area contributed by atoms with Gasteiger partial charge in [0.05, 0.1) is 0 Å². The number of hydrogen-bond acceptors (Lipinski definition) is 3. The third kappa shape index (κ3) is 9.87. The summed E-state index contributed by atoms with van der Waals surface area (Å²) in [5.41, 5.74) is 0. The highest BCUT2D eigenvalue weighted by Crippen LogP contribution is 2.13. The average Bonchev–Trinajstić information content (AvgIpc) is 2.33. The van der Waals surface area contributed by atoms with Gasteiger partial charge >= 0.3 is 11.9 Å². The molecule has 0 aromatic carbocycles. The predicted molar refractivity (Wildman–Crippen MR) is 70.3 cm³/mol. The second-order valence-corrected chi connectivity index (χ2v) is 4.37. The summed E-state index contributed by atoms with van der Waals surface area (Å²) in [6, 6.07) is 0. The number of hydrogen-bond donors (Lipinski definition) is 1. The van der Waals surface area contributed by atoms with Crippen LogP contribution in [0, 0.1) is 0 Å². The third-order valence-corrected chi connectivity index (χ3v) is 2.65. The number of carboxylic acid groups (broad SMARTS) is 1. The summed E-state index contributed by atoms with van der Waals surface area (Å²) < 4.78 is 5.26. The fourth-order valence-electron chi connectivity index (χ4n) is 1.66. The number of ether oxygens (including phenoxy) is 1. The predicted octanol–water partition coefficient (Wildman–Crippen LogP) is 3.31. The highest BCUT2D eigenvalue weighted by atomic mass is 16.5. The molecule has 0 aliphatic rings. The number of carbonyl (C=O) groups is 2. The van der Waals surface area contributed by atoms with E-state index in [4.69, 9.17) is 9.84 Å². The van der Waals surface area contributed by atoms with Crippen LogP contribution in [0.3, 0.4) is 0 Å². The normalized spacial score (nSPS) is 12.6. The lowest BCUT2D eigenvalue weighted by atomic mass is 10.1. The summed E-state index contributed by atoms with van der Waals surface area (Å²) in [5.74, 6) is -1.70. The van der Waals surface area contributed by atoms with Crippen molar-refractivity contribution in [3.63, 3.8) is 0 Å². The van der Waals surface area contributed by atoms with E-state index in [9.17, 15) is 9.59 Å². The first-order valence-electron chi connectivity index (χ1n) is 6.71. The number of rotatable bonds is 10. The fraction of sp³-hybridized carbons (Fsp3) is 0.714. The fourth-order valence-corrected chi connectivity index (χ4v) is 1.66. The maximum absolute atomic E-state index is 11.4. The summed E-state index contributed by atoms with van der Waals surface area (Å²) >= 11 is 0. The maximum atomic E-state index is 11.4. The molecule has 0 spiro atoms. The first-order valence-corrected chi connectivity index (χ1v) is 6.71. The van der Waals surface area contributed by atoms with Crippen LogP contribution in [0.1, 0.15) is 58.8 Å². The number of aliphatic carboxylic acids is 1. The summed E-state index contributed by atoms with van der Waals surface area (Å²) in [7, 11) is 0. The second-order valence-electron chi connectivity index (χ2n) is 4.37. The van der Waals surface area contributed by atoms with Gasteiger partial charge in [0.15, 0.2) is 0 Å². The van der Waals surface area contributed by atoms with E-state index in [0.717, 1.165) is 57.1 Å². The van der Waals surface area contributed by atoms with Crippen LogP contribution < -0.4 is 0 Å². The van der Waals surface area contributed by atoms with Crippen LogP contribution in [0.25, 0.3) is 0 Å². The van der Waals surface area contributed by atoms with Gasteiger partial charge in [-0.3, -0.25) is 0 Å². The Kier molecular flexibility index (Phi) is 10.0. The highest BCUT2D eigenvalue weighted by Gasteiger charge is 2.12. The first kappa shape index (κ1) is 16.7. The summed E-state index contributed by atoms with van der Waals surface area (Å²) in [6.45, 7) is 4.22. The molecule has 0 bridgehead atoms. The Morgan fingerprint density at radius 3 is 2.22 bits per heavy atom. The molecule has 0 aromatic rings. The van der Waals surface area contributed by atoms with Crippen LogP contribution in [0.5, 0.6) is 0 Å². The van der Waals surface area contributed by atoms with E-state index in [1.807, 2.05) is 0 Å². The molecule has 18 heavy (non-hydrogen) atoms. The Labute approximate surface area is 109 Å². The van der Waals surface area contributed by atoms with E-state index in [-0.39, 0.29) is 6.10 Å². The molecular formula is C14H24O4. The zero-order chi connectivity index (χ0) is 13.8. The quantitative estimate of drug-likeness (QED) is 0.370. The minimum absolute atomic E-state index is 0.0811. The lowest BCUT2D eigenvalue weighted by Crippen LogP contribution is -2.17. The summed E-state index contributed by atoms with van der Waals surface area (Å²) in [5, 5.41) is 8.42. The Morgan fingerprint density at radius 2 is 1.67 bits per heavy atom. The molecule has 0 aromatic heterocycles. The SMILES string of the molecule is CCCCCC(CCCC)OC(=O)/C=C\C(=O)O.